The molecule has 0 aromatic heterocycles. The van der Waals surface area contributed by atoms with Crippen molar-refractivity contribution in [2.75, 3.05) is 19.8 Å². The van der Waals surface area contributed by atoms with Crippen molar-refractivity contribution >= 4 is 0 Å². The number of hydrogen-bond donors (Lipinski definition) is 1. The molecule has 1 saturated carbocycles. The van der Waals surface area contributed by atoms with E-state index in [1.165, 1.54) is 38.5 Å². The summed E-state index contributed by atoms with van der Waals surface area (Å²) >= 11 is 0. The van der Waals surface area contributed by atoms with Crippen LogP contribution in [0.3, 0.4) is 0 Å². The fraction of sp³-hybridized carbons (Fsp3) is 0.857. The van der Waals surface area contributed by atoms with Crippen LogP contribution in [-0.2, 0) is 4.74 Å². The monoisotopic (exact) mass is 223 g/mol. The molecule has 1 aliphatic heterocycles. The third kappa shape index (κ3) is 4.67. The van der Waals surface area contributed by atoms with E-state index in [0.29, 0.717) is 0 Å². The van der Waals surface area contributed by atoms with Crippen LogP contribution in [0.25, 0.3) is 0 Å². The van der Waals surface area contributed by atoms with Crippen molar-refractivity contribution in [3.05, 3.63) is 11.6 Å². The summed E-state index contributed by atoms with van der Waals surface area (Å²) in [5, 5.41) is 3.55. The highest BCUT2D eigenvalue weighted by atomic mass is 16.5. The Hall–Kier alpha value is -0.340. The highest BCUT2D eigenvalue weighted by molar-refractivity contribution is 5.00. The fourth-order valence-corrected chi connectivity index (χ4v) is 2.38. The van der Waals surface area contributed by atoms with Gasteiger partial charge in [0.1, 0.15) is 0 Å². The quantitative estimate of drug-likeness (QED) is 0.552. The molecule has 2 nitrogen and oxygen atoms in total. The minimum absolute atomic E-state index is 0.851. The molecule has 1 N–H and O–H groups in total. The fourth-order valence-electron chi connectivity index (χ4n) is 2.38. The molecule has 2 rings (SSSR count). The molecule has 0 atom stereocenters. The lowest BCUT2D eigenvalue weighted by atomic mass is 9.92. The van der Waals surface area contributed by atoms with Gasteiger partial charge in [0.05, 0.1) is 0 Å². The van der Waals surface area contributed by atoms with Crippen molar-refractivity contribution in [1.82, 2.24) is 5.32 Å². The van der Waals surface area contributed by atoms with E-state index < -0.39 is 0 Å². The average molecular weight is 223 g/mol. The van der Waals surface area contributed by atoms with Gasteiger partial charge < -0.3 is 10.1 Å². The maximum Gasteiger partial charge on any atom is 0.0468 e. The molecule has 0 radical (unpaired) electrons. The van der Waals surface area contributed by atoms with Crippen molar-refractivity contribution in [2.45, 2.75) is 51.5 Å². The number of nitrogens with one attached hydrogen (secondary N) is 1. The minimum Gasteiger partial charge on any atom is -0.381 e. The third-order valence-electron chi connectivity index (χ3n) is 3.60. The normalized spacial score (nSPS) is 23.7. The Morgan fingerprint density at radius 1 is 1.25 bits per heavy atom. The van der Waals surface area contributed by atoms with Crippen molar-refractivity contribution < 1.29 is 4.74 Å². The molecule has 0 bridgehead atoms. The van der Waals surface area contributed by atoms with Gasteiger partial charge >= 0.3 is 0 Å². The van der Waals surface area contributed by atoms with Gasteiger partial charge in [-0.25, -0.2) is 0 Å². The molecule has 2 fully saturated rings. The van der Waals surface area contributed by atoms with Gasteiger partial charge in [-0.1, -0.05) is 11.6 Å². The second-order valence-electron chi connectivity index (χ2n) is 5.33. The van der Waals surface area contributed by atoms with Gasteiger partial charge in [0.25, 0.3) is 0 Å². The molecule has 0 spiro atoms. The molecule has 1 heterocycles. The Labute approximate surface area is 99.4 Å². The zero-order valence-corrected chi connectivity index (χ0v) is 10.5. The zero-order valence-electron chi connectivity index (χ0n) is 10.5. The summed E-state index contributed by atoms with van der Waals surface area (Å²) in [5.41, 5.74) is 1.57. The predicted octanol–water partition coefficient (Wildman–Crippen LogP) is 2.89. The Morgan fingerprint density at radius 3 is 2.69 bits per heavy atom. The molecule has 1 aliphatic carbocycles. The summed E-state index contributed by atoms with van der Waals surface area (Å²) in [6.45, 7) is 5.39. The van der Waals surface area contributed by atoms with Gasteiger partial charge in [-0.3, -0.25) is 0 Å². The smallest absolute Gasteiger partial charge is 0.0468 e. The molecule has 0 aromatic carbocycles. The van der Waals surface area contributed by atoms with E-state index in [0.717, 1.165) is 31.7 Å². The van der Waals surface area contributed by atoms with E-state index in [1.807, 2.05) is 0 Å². The van der Waals surface area contributed by atoms with Gasteiger partial charge in [0.2, 0.25) is 0 Å². The molecule has 1 saturated heterocycles. The van der Waals surface area contributed by atoms with Crippen LogP contribution in [-0.4, -0.2) is 25.8 Å². The second kappa shape index (κ2) is 6.41. The van der Waals surface area contributed by atoms with Gasteiger partial charge in [-0.2, -0.15) is 0 Å². The van der Waals surface area contributed by atoms with Crippen LogP contribution < -0.4 is 5.32 Å². The van der Waals surface area contributed by atoms with Crippen LogP contribution in [0.4, 0.5) is 0 Å². The molecule has 0 aromatic rings. The largest absolute Gasteiger partial charge is 0.381 e. The lowest BCUT2D eigenvalue weighted by molar-refractivity contribution is 0.0665. The van der Waals surface area contributed by atoms with Crippen LogP contribution >= 0.6 is 0 Å². The first-order valence-electron chi connectivity index (χ1n) is 6.81. The van der Waals surface area contributed by atoms with Gasteiger partial charge in [0.15, 0.2) is 0 Å². The van der Waals surface area contributed by atoms with Crippen LogP contribution in [0.1, 0.15) is 45.4 Å². The third-order valence-corrected chi connectivity index (χ3v) is 3.60. The molecule has 16 heavy (non-hydrogen) atoms. The Kier molecular flexibility index (Phi) is 4.86. The van der Waals surface area contributed by atoms with E-state index in [2.05, 4.69) is 18.3 Å². The highest BCUT2D eigenvalue weighted by Crippen LogP contribution is 2.22. The Balaban J connectivity index is 1.57. The van der Waals surface area contributed by atoms with Crippen molar-refractivity contribution in [3.63, 3.8) is 0 Å². The summed E-state index contributed by atoms with van der Waals surface area (Å²) in [6.07, 6.45) is 10.2. The van der Waals surface area contributed by atoms with E-state index in [9.17, 15) is 0 Å². The summed E-state index contributed by atoms with van der Waals surface area (Å²) < 4.78 is 5.38. The Morgan fingerprint density at radius 2 is 2.00 bits per heavy atom. The van der Waals surface area contributed by atoms with Gasteiger partial charge in [-0.05, 0) is 57.9 Å². The van der Waals surface area contributed by atoms with Crippen LogP contribution in [0.2, 0.25) is 0 Å². The average Bonchev–Trinajstić information content (AvgIpc) is 3.10. The van der Waals surface area contributed by atoms with Gasteiger partial charge in [-0.15, -0.1) is 0 Å². The van der Waals surface area contributed by atoms with Crippen molar-refractivity contribution in [3.8, 4) is 0 Å². The first kappa shape index (κ1) is 12.1. The van der Waals surface area contributed by atoms with Crippen molar-refractivity contribution in [2.24, 2.45) is 5.92 Å². The standard InChI is InChI=1S/C14H25NO/c1-12(3-2-8-15-14-4-5-14)11-13-6-9-16-10-7-13/h3,13-15H,2,4-11H2,1H3. The molecule has 0 unspecified atom stereocenters. The molecule has 2 aliphatic rings. The lowest BCUT2D eigenvalue weighted by Gasteiger charge is -2.22. The van der Waals surface area contributed by atoms with E-state index in [4.69, 9.17) is 4.74 Å². The first-order chi connectivity index (χ1) is 7.84. The maximum atomic E-state index is 5.38. The summed E-state index contributed by atoms with van der Waals surface area (Å²) in [5.74, 6) is 0.876. The number of hydrogen-bond acceptors (Lipinski definition) is 2. The number of allylic oxidation sites excluding steroid dienone is 1. The van der Waals surface area contributed by atoms with Crippen molar-refractivity contribution in [1.29, 1.82) is 0 Å². The minimum atomic E-state index is 0.851. The molecule has 2 heteroatoms. The predicted molar refractivity (Wildman–Crippen MR) is 67.6 cm³/mol. The second-order valence-corrected chi connectivity index (χ2v) is 5.33. The highest BCUT2D eigenvalue weighted by Gasteiger charge is 2.19. The number of rotatable bonds is 6. The first-order valence-corrected chi connectivity index (χ1v) is 6.81. The number of ether oxygens (including phenoxy) is 1. The maximum absolute atomic E-state index is 5.38. The molecule has 92 valence electrons. The Bertz CT molecular complexity index is 227. The van der Waals surface area contributed by atoms with E-state index in [-0.39, 0.29) is 0 Å². The van der Waals surface area contributed by atoms with E-state index >= 15 is 0 Å². The topological polar surface area (TPSA) is 21.3 Å². The van der Waals surface area contributed by atoms with E-state index in [1.54, 1.807) is 5.57 Å². The van der Waals surface area contributed by atoms with Crippen LogP contribution in [0.5, 0.6) is 0 Å². The zero-order chi connectivity index (χ0) is 11.2. The molecule has 0 amide bonds. The molecular formula is C14H25NO. The summed E-state index contributed by atoms with van der Waals surface area (Å²) in [4.78, 5) is 0. The summed E-state index contributed by atoms with van der Waals surface area (Å²) in [6, 6.07) is 0.851. The van der Waals surface area contributed by atoms with Crippen LogP contribution in [0.15, 0.2) is 11.6 Å². The van der Waals surface area contributed by atoms with Gasteiger partial charge in [0, 0.05) is 19.3 Å². The lowest BCUT2D eigenvalue weighted by Crippen LogP contribution is -2.17. The SMILES string of the molecule is CC(=CCCNC1CC1)CC1CCOCC1. The van der Waals surface area contributed by atoms with Crippen LogP contribution in [0, 0.1) is 5.92 Å². The summed E-state index contributed by atoms with van der Waals surface area (Å²) in [7, 11) is 0. The molecular weight excluding hydrogens is 198 g/mol.